The summed E-state index contributed by atoms with van der Waals surface area (Å²) in [7, 11) is -0.966. The van der Waals surface area contributed by atoms with Gasteiger partial charge in [0.2, 0.25) is 0 Å². The van der Waals surface area contributed by atoms with Crippen LogP contribution in [0.1, 0.15) is 12.8 Å². The molecule has 1 aromatic carbocycles. The fourth-order valence-electron chi connectivity index (χ4n) is 1.21. The van der Waals surface area contributed by atoms with Crippen LogP contribution in [-0.2, 0) is 10.8 Å². The highest BCUT2D eigenvalue weighted by atomic mass is 79.9. The van der Waals surface area contributed by atoms with E-state index in [0.29, 0.717) is 15.3 Å². The Bertz CT molecular complexity index is 376. The average Bonchev–Trinajstić information content (AvgIpc) is 2.93. The van der Waals surface area contributed by atoms with Gasteiger partial charge in [0.15, 0.2) is 0 Å². The second-order valence-electron chi connectivity index (χ2n) is 3.53. The van der Waals surface area contributed by atoms with E-state index in [2.05, 4.69) is 15.9 Å². The van der Waals surface area contributed by atoms with Gasteiger partial charge < -0.3 is 0 Å². The summed E-state index contributed by atoms with van der Waals surface area (Å²) in [4.78, 5) is 0.713. The van der Waals surface area contributed by atoms with Gasteiger partial charge in [0.1, 0.15) is 5.82 Å². The van der Waals surface area contributed by atoms with E-state index in [1.807, 2.05) is 0 Å². The van der Waals surface area contributed by atoms with Gasteiger partial charge in [-0.2, -0.15) is 0 Å². The molecule has 0 aliphatic heterocycles. The highest BCUT2D eigenvalue weighted by molar-refractivity contribution is 9.10. The molecule has 0 spiro atoms. The predicted octanol–water partition coefficient (Wildman–Crippen LogP) is 3.11. The fraction of sp³-hybridized carbons (Fsp3) is 0.400. The summed E-state index contributed by atoms with van der Waals surface area (Å²) in [6, 6.07) is 4.55. The van der Waals surface area contributed by atoms with Crippen molar-refractivity contribution >= 4 is 26.7 Å². The van der Waals surface area contributed by atoms with Gasteiger partial charge in [-0.15, -0.1) is 0 Å². The van der Waals surface area contributed by atoms with E-state index in [1.54, 1.807) is 12.1 Å². The van der Waals surface area contributed by atoms with Crippen molar-refractivity contribution in [3.05, 3.63) is 28.5 Å². The third-order valence-electron chi connectivity index (χ3n) is 2.24. The Balaban J connectivity index is 2.14. The van der Waals surface area contributed by atoms with Crippen molar-refractivity contribution in [2.75, 3.05) is 5.75 Å². The van der Waals surface area contributed by atoms with E-state index >= 15 is 0 Å². The van der Waals surface area contributed by atoms with Gasteiger partial charge in [-0.25, -0.2) is 4.39 Å². The molecule has 1 aromatic rings. The third kappa shape index (κ3) is 2.42. The van der Waals surface area contributed by atoms with Crippen LogP contribution in [-0.4, -0.2) is 9.96 Å². The first-order valence-electron chi connectivity index (χ1n) is 4.50. The van der Waals surface area contributed by atoms with Crippen LogP contribution >= 0.6 is 15.9 Å². The highest BCUT2D eigenvalue weighted by Crippen LogP contribution is 2.31. The Hall–Kier alpha value is -0.220. The lowest BCUT2D eigenvalue weighted by molar-refractivity contribution is 0.619. The van der Waals surface area contributed by atoms with Gasteiger partial charge >= 0.3 is 0 Å². The molecular formula is C10H10BrFOS. The van der Waals surface area contributed by atoms with E-state index < -0.39 is 10.8 Å². The largest absolute Gasteiger partial charge is 0.254 e. The predicted molar refractivity (Wildman–Crippen MR) is 58.1 cm³/mol. The summed E-state index contributed by atoms with van der Waals surface area (Å²) in [6.07, 6.45) is 2.38. The summed E-state index contributed by atoms with van der Waals surface area (Å²) >= 11 is 3.09. The zero-order valence-electron chi connectivity index (χ0n) is 7.50. The maximum absolute atomic E-state index is 12.9. The Morgan fingerprint density at radius 1 is 1.50 bits per heavy atom. The van der Waals surface area contributed by atoms with Crippen LogP contribution in [0.25, 0.3) is 0 Å². The van der Waals surface area contributed by atoms with E-state index in [9.17, 15) is 8.60 Å². The number of hydrogen-bond donors (Lipinski definition) is 0. The van der Waals surface area contributed by atoms with Crippen LogP contribution in [0.3, 0.4) is 0 Å². The summed E-state index contributed by atoms with van der Waals surface area (Å²) < 4.78 is 25.0. The first kappa shape index (κ1) is 10.3. The van der Waals surface area contributed by atoms with Gasteiger partial charge in [-0.3, -0.25) is 4.21 Å². The molecule has 0 aromatic heterocycles. The number of rotatable bonds is 3. The van der Waals surface area contributed by atoms with Crippen molar-refractivity contribution in [3.63, 3.8) is 0 Å². The quantitative estimate of drug-likeness (QED) is 0.829. The lowest BCUT2D eigenvalue weighted by atomic mass is 10.3. The van der Waals surface area contributed by atoms with E-state index in [1.165, 1.54) is 18.9 Å². The van der Waals surface area contributed by atoms with Crippen molar-refractivity contribution in [3.8, 4) is 0 Å². The van der Waals surface area contributed by atoms with Gasteiger partial charge in [-0.05, 0) is 52.9 Å². The fourth-order valence-corrected chi connectivity index (χ4v) is 3.17. The average molecular weight is 277 g/mol. The van der Waals surface area contributed by atoms with Crippen LogP contribution in [0.2, 0.25) is 0 Å². The maximum atomic E-state index is 12.9. The molecule has 4 heteroatoms. The number of benzene rings is 1. The monoisotopic (exact) mass is 276 g/mol. The maximum Gasteiger partial charge on any atom is 0.137 e. The second-order valence-corrected chi connectivity index (χ2v) is 5.88. The molecule has 0 bridgehead atoms. The van der Waals surface area contributed by atoms with Crippen LogP contribution in [0.5, 0.6) is 0 Å². The van der Waals surface area contributed by atoms with Crippen LogP contribution < -0.4 is 0 Å². The van der Waals surface area contributed by atoms with Gasteiger partial charge in [-0.1, -0.05) is 0 Å². The minimum Gasteiger partial charge on any atom is -0.254 e. The smallest absolute Gasteiger partial charge is 0.137 e. The molecule has 1 aliphatic rings. The molecule has 14 heavy (non-hydrogen) atoms. The Kier molecular flexibility index (Phi) is 3.02. The summed E-state index contributed by atoms with van der Waals surface area (Å²) in [5.41, 5.74) is 0. The lowest BCUT2D eigenvalue weighted by Gasteiger charge is -2.02. The summed E-state index contributed by atoms with van der Waals surface area (Å²) in [5, 5.41) is 0. The topological polar surface area (TPSA) is 17.1 Å². The molecule has 2 rings (SSSR count). The number of halogens is 2. The molecule has 1 unspecified atom stereocenters. The second kappa shape index (κ2) is 4.11. The molecule has 1 atom stereocenters. The molecule has 1 saturated carbocycles. The first-order chi connectivity index (χ1) is 6.66. The molecule has 0 saturated heterocycles. The lowest BCUT2D eigenvalue weighted by Crippen LogP contribution is -2.00. The van der Waals surface area contributed by atoms with Gasteiger partial charge in [0.25, 0.3) is 0 Å². The third-order valence-corrected chi connectivity index (χ3v) is 4.40. The van der Waals surface area contributed by atoms with Crippen molar-refractivity contribution < 1.29 is 8.60 Å². The molecule has 1 nitrogen and oxygen atoms in total. The molecule has 0 heterocycles. The van der Waals surface area contributed by atoms with Crippen molar-refractivity contribution in [2.45, 2.75) is 17.7 Å². The van der Waals surface area contributed by atoms with Crippen molar-refractivity contribution in [1.29, 1.82) is 0 Å². The van der Waals surface area contributed by atoms with Crippen LogP contribution in [0.15, 0.2) is 27.6 Å². The van der Waals surface area contributed by atoms with Crippen LogP contribution in [0, 0.1) is 11.7 Å². The van der Waals surface area contributed by atoms with Crippen molar-refractivity contribution in [1.82, 2.24) is 0 Å². The SMILES string of the molecule is O=S(CC1CC1)c1ccc(F)c(Br)c1. The van der Waals surface area contributed by atoms with Crippen LogP contribution in [0.4, 0.5) is 4.39 Å². The molecular weight excluding hydrogens is 267 g/mol. The minimum absolute atomic E-state index is 0.308. The summed E-state index contributed by atoms with van der Waals surface area (Å²) in [5.74, 6) is 1.04. The summed E-state index contributed by atoms with van der Waals surface area (Å²) in [6.45, 7) is 0. The van der Waals surface area contributed by atoms with E-state index in [0.717, 1.165) is 5.75 Å². The first-order valence-corrected chi connectivity index (χ1v) is 6.61. The molecule has 0 radical (unpaired) electrons. The molecule has 0 amide bonds. The standard InChI is InChI=1S/C10H10BrFOS/c11-9-5-8(3-4-10(9)12)14(13)6-7-1-2-7/h3-5,7H,1-2,6H2. The van der Waals surface area contributed by atoms with Gasteiger partial charge in [0, 0.05) is 10.6 Å². The van der Waals surface area contributed by atoms with Crippen molar-refractivity contribution in [2.24, 2.45) is 5.92 Å². The van der Waals surface area contributed by atoms with Gasteiger partial charge in [0.05, 0.1) is 15.3 Å². The Morgan fingerprint density at radius 2 is 2.21 bits per heavy atom. The Labute approximate surface area is 93.3 Å². The molecule has 0 N–H and O–H groups in total. The molecule has 1 aliphatic carbocycles. The number of hydrogen-bond acceptors (Lipinski definition) is 1. The highest BCUT2D eigenvalue weighted by Gasteiger charge is 2.24. The molecule has 76 valence electrons. The van der Waals surface area contributed by atoms with E-state index in [-0.39, 0.29) is 5.82 Å². The van der Waals surface area contributed by atoms with E-state index in [4.69, 9.17) is 0 Å². The zero-order valence-corrected chi connectivity index (χ0v) is 9.91. The molecule has 1 fully saturated rings. The zero-order chi connectivity index (χ0) is 10.1. The minimum atomic E-state index is -0.966. The Morgan fingerprint density at radius 3 is 2.79 bits per heavy atom. The normalized spacial score (nSPS) is 18.1.